The third kappa shape index (κ3) is 4.15. The number of hydrogen-bond donors (Lipinski definition) is 2. The molecule has 1 saturated carbocycles. The maximum absolute atomic E-state index is 9.96. The first-order valence-electron chi connectivity index (χ1n) is 7.90. The number of hydrogen-bond acceptors (Lipinski definition) is 4. The van der Waals surface area contributed by atoms with Gasteiger partial charge in [0.05, 0.1) is 18.2 Å². The van der Waals surface area contributed by atoms with Crippen molar-refractivity contribution in [2.75, 3.05) is 39.4 Å². The summed E-state index contributed by atoms with van der Waals surface area (Å²) < 4.78 is 5.71. The Morgan fingerprint density at radius 3 is 2.84 bits per heavy atom. The molecule has 0 aromatic carbocycles. The topological polar surface area (TPSA) is 44.7 Å². The summed E-state index contributed by atoms with van der Waals surface area (Å²) in [5, 5.41) is 13.6. The molecule has 2 fully saturated rings. The second-order valence-electron chi connectivity index (χ2n) is 6.29. The molecule has 0 amide bonds. The highest BCUT2D eigenvalue weighted by molar-refractivity contribution is 5.03. The van der Waals surface area contributed by atoms with Crippen molar-refractivity contribution in [2.24, 2.45) is 5.92 Å². The molecule has 4 nitrogen and oxygen atoms in total. The normalized spacial score (nSPS) is 28.9. The van der Waals surface area contributed by atoms with Crippen LogP contribution < -0.4 is 5.32 Å². The van der Waals surface area contributed by atoms with Gasteiger partial charge in [-0.3, -0.25) is 4.90 Å². The van der Waals surface area contributed by atoms with Crippen molar-refractivity contribution in [1.29, 1.82) is 0 Å². The van der Waals surface area contributed by atoms with Crippen LogP contribution in [-0.4, -0.2) is 61.0 Å². The largest absolute Gasteiger partial charge is 0.394 e. The van der Waals surface area contributed by atoms with Crippen LogP contribution in [0.4, 0.5) is 0 Å². The molecule has 0 spiro atoms. The van der Waals surface area contributed by atoms with Gasteiger partial charge in [-0.2, -0.15) is 0 Å². The van der Waals surface area contributed by atoms with E-state index < -0.39 is 0 Å². The van der Waals surface area contributed by atoms with Crippen molar-refractivity contribution in [3.8, 4) is 0 Å². The minimum absolute atomic E-state index is 0.0833. The average Bonchev–Trinajstić information content (AvgIpc) is 3.23. The summed E-state index contributed by atoms with van der Waals surface area (Å²) in [5.74, 6) is 0.656. The summed E-state index contributed by atoms with van der Waals surface area (Å²) in [6.45, 7) is 9.49. The zero-order valence-electron chi connectivity index (χ0n) is 12.5. The summed E-state index contributed by atoms with van der Waals surface area (Å²) in [5.41, 5.74) is -0.0833. The molecule has 2 aliphatic rings. The van der Waals surface area contributed by atoms with Crippen LogP contribution in [0.5, 0.6) is 0 Å². The van der Waals surface area contributed by atoms with E-state index in [1.54, 1.807) is 0 Å². The van der Waals surface area contributed by atoms with Gasteiger partial charge in [-0.05, 0) is 45.1 Å². The molecule has 0 aromatic rings. The zero-order valence-corrected chi connectivity index (χ0v) is 12.5. The van der Waals surface area contributed by atoms with Crippen LogP contribution in [0, 0.1) is 5.92 Å². The van der Waals surface area contributed by atoms with Crippen molar-refractivity contribution in [3.63, 3.8) is 0 Å². The predicted octanol–water partition coefficient (Wildman–Crippen LogP) is 1.24. The Morgan fingerprint density at radius 1 is 1.42 bits per heavy atom. The minimum Gasteiger partial charge on any atom is -0.394 e. The number of nitrogens with zero attached hydrogens (tertiary/aromatic N) is 1. The van der Waals surface area contributed by atoms with Crippen LogP contribution in [0.3, 0.4) is 0 Å². The van der Waals surface area contributed by atoms with Crippen molar-refractivity contribution in [3.05, 3.63) is 0 Å². The fraction of sp³-hybridized carbons (Fsp3) is 1.00. The number of nitrogens with one attached hydrogen (secondary N) is 1. The number of rotatable bonds is 7. The van der Waals surface area contributed by atoms with Crippen LogP contribution in [0.25, 0.3) is 0 Å². The lowest BCUT2D eigenvalue weighted by Gasteiger charge is -2.38. The van der Waals surface area contributed by atoms with E-state index in [9.17, 15) is 5.11 Å². The molecule has 2 unspecified atom stereocenters. The average molecular weight is 270 g/mol. The monoisotopic (exact) mass is 270 g/mol. The lowest BCUT2D eigenvalue weighted by atomic mass is 9.92. The molecule has 19 heavy (non-hydrogen) atoms. The lowest BCUT2D eigenvalue weighted by Crippen LogP contribution is -2.58. The fourth-order valence-corrected chi connectivity index (χ4v) is 3.20. The summed E-state index contributed by atoms with van der Waals surface area (Å²) in [4.78, 5) is 2.48. The number of aliphatic hydroxyl groups excluding tert-OH is 1. The molecule has 0 aromatic heterocycles. The Hall–Kier alpha value is -0.160. The number of ether oxygens (including phenoxy) is 1. The van der Waals surface area contributed by atoms with E-state index in [4.69, 9.17) is 4.74 Å². The second kappa shape index (κ2) is 7.02. The van der Waals surface area contributed by atoms with Crippen molar-refractivity contribution in [1.82, 2.24) is 10.2 Å². The Labute approximate surface area is 117 Å². The van der Waals surface area contributed by atoms with Gasteiger partial charge in [0.15, 0.2) is 0 Å². The first-order chi connectivity index (χ1) is 9.20. The Bertz CT molecular complexity index is 271. The van der Waals surface area contributed by atoms with Crippen molar-refractivity contribution in [2.45, 2.75) is 51.2 Å². The van der Waals surface area contributed by atoms with E-state index in [0.29, 0.717) is 12.0 Å². The lowest BCUT2D eigenvalue weighted by molar-refractivity contribution is 0.0513. The fourth-order valence-electron chi connectivity index (χ4n) is 3.20. The highest BCUT2D eigenvalue weighted by Crippen LogP contribution is 2.40. The Morgan fingerprint density at radius 2 is 2.21 bits per heavy atom. The molecule has 0 radical (unpaired) electrons. The predicted molar refractivity (Wildman–Crippen MR) is 77.3 cm³/mol. The third-order valence-corrected chi connectivity index (χ3v) is 4.41. The van der Waals surface area contributed by atoms with E-state index in [0.717, 1.165) is 45.6 Å². The van der Waals surface area contributed by atoms with E-state index >= 15 is 0 Å². The van der Waals surface area contributed by atoms with Gasteiger partial charge < -0.3 is 15.2 Å². The highest BCUT2D eigenvalue weighted by Gasteiger charge is 2.45. The third-order valence-electron chi connectivity index (χ3n) is 4.41. The molecular weight excluding hydrogens is 240 g/mol. The first kappa shape index (κ1) is 15.2. The van der Waals surface area contributed by atoms with Gasteiger partial charge >= 0.3 is 0 Å². The van der Waals surface area contributed by atoms with Crippen LogP contribution in [0.2, 0.25) is 0 Å². The zero-order chi connectivity index (χ0) is 13.7. The van der Waals surface area contributed by atoms with Crippen LogP contribution in [-0.2, 0) is 4.74 Å². The van der Waals surface area contributed by atoms with E-state index in [1.165, 1.54) is 12.8 Å². The quantitative estimate of drug-likeness (QED) is 0.730. The Kier molecular flexibility index (Phi) is 5.63. The molecule has 0 bridgehead atoms. The van der Waals surface area contributed by atoms with Gasteiger partial charge in [0, 0.05) is 26.2 Å². The molecule has 1 saturated heterocycles. The van der Waals surface area contributed by atoms with Crippen LogP contribution in [0.15, 0.2) is 0 Å². The van der Waals surface area contributed by atoms with Crippen LogP contribution >= 0.6 is 0 Å². The second-order valence-corrected chi connectivity index (χ2v) is 6.29. The minimum atomic E-state index is -0.0833. The van der Waals surface area contributed by atoms with E-state index in [2.05, 4.69) is 24.1 Å². The van der Waals surface area contributed by atoms with Gasteiger partial charge in [0.1, 0.15) is 0 Å². The van der Waals surface area contributed by atoms with Gasteiger partial charge in [-0.1, -0.05) is 6.92 Å². The molecule has 2 rings (SSSR count). The Balaban J connectivity index is 1.97. The molecular formula is C15H30N2O2. The smallest absolute Gasteiger partial charge is 0.0673 e. The molecule has 1 aliphatic heterocycles. The van der Waals surface area contributed by atoms with Gasteiger partial charge in [-0.25, -0.2) is 0 Å². The van der Waals surface area contributed by atoms with Crippen molar-refractivity contribution >= 4 is 0 Å². The van der Waals surface area contributed by atoms with Gasteiger partial charge in [0.2, 0.25) is 0 Å². The van der Waals surface area contributed by atoms with Crippen molar-refractivity contribution < 1.29 is 9.84 Å². The summed E-state index contributed by atoms with van der Waals surface area (Å²) in [7, 11) is 0. The molecule has 1 heterocycles. The highest BCUT2D eigenvalue weighted by atomic mass is 16.5. The molecule has 112 valence electrons. The summed E-state index contributed by atoms with van der Waals surface area (Å²) >= 11 is 0. The van der Waals surface area contributed by atoms with Crippen LogP contribution in [0.1, 0.15) is 39.5 Å². The molecule has 2 N–H and O–H groups in total. The number of aliphatic hydroxyl groups is 1. The summed E-state index contributed by atoms with van der Waals surface area (Å²) in [6.07, 6.45) is 5.05. The molecule has 2 atom stereocenters. The van der Waals surface area contributed by atoms with Gasteiger partial charge in [0.25, 0.3) is 0 Å². The maximum Gasteiger partial charge on any atom is 0.0673 e. The SMILES string of the molecule is CCCNC(CO)(CN1CCCOC(C)C1)C1CC1. The standard InChI is InChI=1S/C15H30N2O2/c1-3-7-16-15(12-18,14-5-6-14)11-17-8-4-9-19-13(2)10-17/h13-14,16,18H,3-12H2,1-2H3. The summed E-state index contributed by atoms with van der Waals surface area (Å²) in [6, 6.07) is 0. The molecule has 1 aliphatic carbocycles. The van der Waals surface area contributed by atoms with Gasteiger partial charge in [-0.15, -0.1) is 0 Å². The van der Waals surface area contributed by atoms with E-state index in [-0.39, 0.29) is 12.1 Å². The molecule has 4 heteroatoms. The van der Waals surface area contributed by atoms with E-state index in [1.807, 2.05) is 0 Å². The first-order valence-corrected chi connectivity index (χ1v) is 7.90. The maximum atomic E-state index is 9.96.